The first-order valence-electron chi connectivity index (χ1n) is 7.97. The second kappa shape index (κ2) is 8.17. The van der Waals surface area contributed by atoms with Crippen LogP contribution in [0.5, 0.6) is 17.2 Å². The minimum atomic E-state index is -4.27. The molecular formula is C18H22O5S. The van der Waals surface area contributed by atoms with Gasteiger partial charge in [-0.2, -0.15) is 8.42 Å². The molecular weight excluding hydrogens is 328 g/mol. The zero-order valence-electron chi connectivity index (χ0n) is 13.6. The molecule has 0 aliphatic rings. The van der Waals surface area contributed by atoms with E-state index in [1.165, 1.54) is 24.3 Å². The molecule has 0 aromatic heterocycles. The van der Waals surface area contributed by atoms with Gasteiger partial charge in [0.2, 0.25) is 0 Å². The molecule has 0 atom stereocenters. The highest BCUT2D eigenvalue weighted by molar-refractivity contribution is 7.85. The van der Waals surface area contributed by atoms with Gasteiger partial charge in [-0.1, -0.05) is 32.3 Å². The molecule has 6 heteroatoms. The summed E-state index contributed by atoms with van der Waals surface area (Å²) in [4.78, 5) is -0.219. The topological polar surface area (TPSA) is 83.8 Å². The molecule has 0 heterocycles. The summed E-state index contributed by atoms with van der Waals surface area (Å²) in [7, 11) is -4.27. The van der Waals surface area contributed by atoms with Gasteiger partial charge in [0.25, 0.3) is 10.1 Å². The molecule has 2 aromatic rings. The van der Waals surface area contributed by atoms with Crippen molar-refractivity contribution in [2.45, 2.75) is 43.9 Å². The second-order valence-corrected chi connectivity index (χ2v) is 7.08. The van der Waals surface area contributed by atoms with Crippen molar-refractivity contribution in [3.63, 3.8) is 0 Å². The predicted molar refractivity (Wildman–Crippen MR) is 92.3 cm³/mol. The monoisotopic (exact) mass is 350 g/mol. The standard InChI is InChI=1S/C18H22O5S/c1-2-3-4-5-7-14-12-15(19)10-11-18(14)23-16-8-6-9-17(13-16)24(20,21)22/h6,8-13,19H,2-5,7H2,1H3,(H,20,21,22). The van der Waals surface area contributed by atoms with Crippen molar-refractivity contribution >= 4 is 10.1 Å². The fourth-order valence-electron chi connectivity index (χ4n) is 2.43. The van der Waals surface area contributed by atoms with E-state index >= 15 is 0 Å². The van der Waals surface area contributed by atoms with E-state index in [1.807, 2.05) is 0 Å². The number of phenolic OH excluding ortho intramolecular Hbond substituents is 1. The van der Waals surface area contributed by atoms with E-state index < -0.39 is 10.1 Å². The number of benzene rings is 2. The van der Waals surface area contributed by atoms with Crippen LogP contribution >= 0.6 is 0 Å². The SMILES string of the molecule is CCCCCCc1cc(O)ccc1Oc1cccc(S(=O)(=O)O)c1. The Morgan fingerprint density at radius 3 is 2.54 bits per heavy atom. The van der Waals surface area contributed by atoms with Gasteiger partial charge in [-0.15, -0.1) is 0 Å². The smallest absolute Gasteiger partial charge is 0.294 e. The van der Waals surface area contributed by atoms with Crippen LogP contribution in [0.3, 0.4) is 0 Å². The van der Waals surface area contributed by atoms with Gasteiger partial charge in [-0.25, -0.2) is 0 Å². The van der Waals surface area contributed by atoms with Crippen molar-refractivity contribution in [2.75, 3.05) is 0 Å². The molecule has 0 unspecified atom stereocenters. The molecule has 0 aliphatic carbocycles. The highest BCUT2D eigenvalue weighted by Crippen LogP contribution is 2.30. The molecule has 0 fully saturated rings. The third-order valence-electron chi connectivity index (χ3n) is 3.67. The lowest BCUT2D eigenvalue weighted by atomic mass is 10.0. The van der Waals surface area contributed by atoms with Crippen molar-refractivity contribution in [2.24, 2.45) is 0 Å². The van der Waals surface area contributed by atoms with E-state index in [4.69, 9.17) is 9.29 Å². The maximum absolute atomic E-state index is 11.2. The molecule has 5 nitrogen and oxygen atoms in total. The van der Waals surface area contributed by atoms with Crippen molar-refractivity contribution in [3.8, 4) is 17.2 Å². The van der Waals surface area contributed by atoms with Crippen LogP contribution in [-0.2, 0) is 16.5 Å². The number of unbranched alkanes of at least 4 members (excludes halogenated alkanes) is 3. The number of hydrogen-bond acceptors (Lipinski definition) is 4. The minimum Gasteiger partial charge on any atom is -0.508 e. The fourth-order valence-corrected chi connectivity index (χ4v) is 2.94. The van der Waals surface area contributed by atoms with Crippen LogP contribution < -0.4 is 4.74 Å². The van der Waals surface area contributed by atoms with Gasteiger partial charge in [-0.05, 0) is 48.7 Å². The number of hydrogen-bond donors (Lipinski definition) is 2. The minimum absolute atomic E-state index is 0.166. The highest BCUT2D eigenvalue weighted by atomic mass is 32.2. The molecule has 0 saturated carbocycles. The summed E-state index contributed by atoms with van der Waals surface area (Å²) in [5, 5.41) is 9.69. The lowest BCUT2D eigenvalue weighted by Gasteiger charge is -2.12. The Labute approximate surface area is 142 Å². The highest BCUT2D eigenvalue weighted by Gasteiger charge is 2.12. The van der Waals surface area contributed by atoms with Crippen LogP contribution in [0.15, 0.2) is 47.4 Å². The van der Waals surface area contributed by atoms with Gasteiger partial charge >= 0.3 is 0 Å². The number of ether oxygens (including phenoxy) is 1. The van der Waals surface area contributed by atoms with Crippen LogP contribution in [0, 0.1) is 0 Å². The number of aromatic hydroxyl groups is 1. The van der Waals surface area contributed by atoms with Crippen molar-refractivity contribution in [3.05, 3.63) is 48.0 Å². The van der Waals surface area contributed by atoms with Crippen molar-refractivity contribution in [1.82, 2.24) is 0 Å². The van der Waals surface area contributed by atoms with Crippen molar-refractivity contribution in [1.29, 1.82) is 0 Å². The average molecular weight is 350 g/mol. The summed E-state index contributed by atoms with van der Waals surface area (Å²) in [6, 6.07) is 10.5. The van der Waals surface area contributed by atoms with Crippen LogP contribution in [-0.4, -0.2) is 18.1 Å². The summed E-state index contributed by atoms with van der Waals surface area (Å²) >= 11 is 0. The molecule has 0 amide bonds. The Hall–Kier alpha value is -2.05. The number of aryl methyl sites for hydroxylation is 1. The van der Waals surface area contributed by atoms with Crippen LogP contribution in [0.25, 0.3) is 0 Å². The normalized spacial score (nSPS) is 11.4. The van der Waals surface area contributed by atoms with E-state index in [-0.39, 0.29) is 10.6 Å². The van der Waals surface area contributed by atoms with Gasteiger partial charge < -0.3 is 9.84 Å². The van der Waals surface area contributed by atoms with Crippen molar-refractivity contribution < 1.29 is 22.8 Å². The lowest BCUT2D eigenvalue weighted by molar-refractivity contribution is 0.456. The molecule has 2 rings (SSSR count). The van der Waals surface area contributed by atoms with Gasteiger partial charge in [0.1, 0.15) is 17.2 Å². The Morgan fingerprint density at radius 1 is 1.04 bits per heavy atom. The van der Waals surface area contributed by atoms with E-state index in [9.17, 15) is 13.5 Å². The Kier molecular flexibility index (Phi) is 6.23. The third-order valence-corrected chi connectivity index (χ3v) is 4.52. The van der Waals surface area contributed by atoms with Gasteiger partial charge in [0.15, 0.2) is 0 Å². The van der Waals surface area contributed by atoms with E-state index in [0.29, 0.717) is 11.5 Å². The summed E-state index contributed by atoms with van der Waals surface area (Å²) < 4.78 is 37.3. The largest absolute Gasteiger partial charge is 0.508 e. The molecule has 0 spiro atoms. The molecule has 2 N–H and O–H groups in total. The number of rotatable bonds is 8. The Bertz CT molecular complexity index is 784. The zero-order chi connectivity index (χ0) is 17.6. The van der Waals surface area contributed by atoms with E-state index in [0.717, 1.165) is 37.7 Å². The Balaban J connectivity index is 2.20. The predicted octanol–water partition coefficient (Wildman–Crippen LogP) is 4.55. The molecule has 0 radical (unpaired) electrons. The summed E-state index contributed by atoms with van der Waals surface area (Å²) in [5.74, 6) is 1.04. The molecule has 0 saturated heterocycles. The first-order valence-corrected chi connectivity index (χ1v) is 9.41. The van der Waals surface area contributed by atoms with E-state index in [2.05, 4.69) is 6.92 Å². The van der Waals surface area contributed by atoms with Crippen LogP contribution in [0.2, 0.25) is 0 Å². The molecule has 2 aromatic carbocycles. The molecule has 0 aliphatic heterocycles. The fraction of sp³-hybridized carbons (Fsp3) is 0.333. The average Bonchev–Trinajstić information content (AvgIpc) is 2.53. The maximum Gasteiger partial charge on any atom is 0.294 e. The summed E-state index contributed by atoms with van der Waals surface area (Å²) in [6.07, 6.45) is 5.15. The maximum atomic E-state index is 11.2. The first-order chi connectivity index (χ1) is 11.4. The van der Waals surface area contributed by atoms with Crippen LogP contribution in [0.4, 0.5) is 0 Å². The van der Waals surface area contributed by atoms with Gasteiger partial charge in [0, 0.05) is 6.07 Å². The molecule has 0 bridgehead atoms. The third kappa shape index (κ3) is 5.25. The van der Waals surface area contributed by atoms with Crippen LogP contribution in [0.1, 0.15) is 38.2 Å². The molecule has 130 valence electrons. The molecule has 24 heavy (non-hydrogen) atoms. The van der Waals surface area contributed by atoms with E-state index in [1.54, 1.807) is 18.2 Å². The quantitative estimate of drug-likeness (QED) is 0.539. The van der Waals surface area contributed by atoms with Gasteiger partial charge in [0.05, 0.1) is 4.90 Å². The number of phenols is 1. The van der Waals surface area contributed by atoms with Gasteiger partial charge in [-0.3, -0.25) is 4.55 Å². The zero-order valence-corrected chi connectivity index (χ0v) is 14.4. The summed E-state index contributed by atoms with van der Waals surface area (Å²) in [6.45, 7) is 2.14. The first kappa shape index (κ1) is 18.3. The Morgan fingerprint density at radius 2 is 1.83 bits per heavy atom. The second-order valence-electron chi connectivity index (χ2n) is 5.65. The lowest BCUT2D eigenvalue weighted by Crippen LogP contribution is -1.98. The summed E-state index contributed by atoms with van der Waals surface area (Å²) in [5.41, 5.74) is 0.864.